The molecular weight excluding hydrogens is 255 g/mol. The van der Waals surface area contributed by atoms with Gasteiger partial charge in [-0.25, -0.2) is 0 Å². The molecule has 0 aliphatic rings. The van der Waals surface area contributed by atoms with Crippen molar-refractivity contribution in [2.45, 2.75) is 32.5 Å². The zero-order valence-electron chi connectivity index (χ0n) is 11.2. The summed E-state index contributed by atoms with van der Waals surface area (Å²) in [6.45, 7) is 3.94. The van der Waals surface area contributed by atoms with Crippen LogP contribution in [-0.2, 0) is 6.18 Å². The smallest absolute Gasteiger partial charge is 0.384 e. The Balaban J connectivity index is 3.31. The van der Waals surface area contributed by atoms with Crippen LogP contribution in [0.2, 0.25) is 0 Å². The van der Waals surface area contributed by atoms with Crippen LogP contribution in [0.25, 0.3) is 0 Å². The molecule has 1 unspecified atom stereocenters. The Morgan fingerprint density at radius 2 is 2.00 bits per heavy atom. The summed E-state index contributed by atoms with van der Waals surface area (Å²) in [5, 5.41) is 7.45. The third kappa shape index (κ3) is 3.39. The second-order valence-electron chi connectivity index (χ2n) is 4.51. The van der Waals surface area contributed by atoms with E-state index >= 15 is 0 Å². The van der Waals surface area contributed by atoms with Crippen LogP contribution in [0.15, 0.2) is 18.2 Å². The number of amidine groups is 1. The molecule has 0 spiro atoms. The van der Waals surface area contributed by atoms with Crippen molar-refractivity contribution in [3.8, 4) is 0 Å². The summed E-state index contributed by atoms with van der Waals surface area (Å²) in [6.07, 6.45) is -3.59. The number of alkyl halides is 3. The van der Waals surface area contributed by atoms with Crippen LogP contribution in [-0.4, -0.2) is 18.9 Å². The van der Waals surface area contributed by atoms with Gasteiger partial charge in [-0.2, -0.15) is 13.2 Å². The second kappa shape index (κ2) is 5.50. The molecule has 0 aromatic heterocycles. The van der Waals surface area contributed by atoms with Crippen molar-refractivity contribution >= 4 is 11.5 Å². The first kappa shape index (κ1) is 15.3. The van der Waals surface area contributed by atoms with Crippen molar-refractivity contribution in [2.75, 3.05) is 11.9 Å². The molecule has 3 nitrogen and oxygen atoms in total. The van der Waals surface area contributed by atoms with E-state index in [0.717, 1.165) is 18.6 Å². The van der Waals surface area contributed by atoms with Gasteiger partial charge >= 0.3 is 6.18 Å². The first-order valence-corrected chi connectivity index (χ1v) is 5.97. The van der Waals surface area contributed by atoms with Crippen molar-refractivity contribution in [1.29, 1.82) is 5.41 Å². The minimum absolute atomic E-state index is 0.109. The number of halogens is 3. The fourth-order valence-corrected chi connectivity index (χ4v) is 1.75. The number of nitrogens with zero attached hydrogens (tertiary/aromatic N) is 1. The van der Waals surface area contributed by atoms with Gasteiger partial charge in [-0.3, -0.25) is 5.41 Å². The van der Waals surface area contributed by atoms with Gasteiger partial charge in [0.15, 0.2) is 0 Å². The Morgan fingerprint density at radius 1 is 1.42 bits per heavy atom. The van der Waals surface area contributed by atoms with Gasteiger partial charge in [0.05, 0.1) is 5.56 Å². The van der Waals surface area contributed by atoms with Gasteiger partial charge in [-0.15, -0.1) is 0 Å². The number of nitrogens with two attached hydrogens (primary N) is 1. The van der Waals surface area contributed by atoms with E-state index in [1.54, 1.807) is 7.05 Å². The number of rotatable bonds is 4. The van der Waals surface area contributed by atoms with Crippen LogP contribution in [0.3, 0.4) is 0 Å². The van der Waals surface area contributed by atoms with Crippen LogP contribution in [0.4, 0.5) is 18.9 Å². The maximum Gasteiger partial charge on any atom is 0.416 e. The zero-order chi connectivity index (χ0) is 14.8. The van der Waals surface area contributed by atoms with E-state index in [0.29, 0.717) is 5.69 Å². The Hall–Kier alpha value is -1.72. The summed E-state index contributed by atoms with van der Waals surface area (Å²) in [4.78, 5) is 1.83. The molecule has 1 aromatic carbocycles. The highest BCUT2D eigenvalue weighted by Gasteiger charge is 2.31. The zero-order valence-corrected chi connectivity index (χ0v) is 11.2. The SMILES string of the molecule is CCC(C)N(C)c1ccc(C(F)(F)F)cc1C(=N)N. The molecule has 0 amide bonds. The van der Waals surface area contributed by atoms with Gasteiger partial charge in [0.1, 0.15) is 5.84 Å². The fourth-order valence-electron chi connectivity index (χ4n) is 1.75. The van der Waals surface area contributed by atoms with Crippen LogP contribution >= 0.6 is 0 Å². The molecule has 0 aliphatic heterocycles. The van der Waals surface area contributed by atoms with E-state index in [2.05, 4.69) is 0 Å². The van der Waals surface area contributed by atoms with Gasteiger partial charge in [-0.05, 0) is 31.5 Å². The Kier molecular flexibility index (Phi) is 4.44. The highest BCUT2D eigenvalue weighted by molar-refractivity contribution is 6.00. The molecular formula is C13H18F3N3. The predicted molar refractivity (Wildman–Crippen MR) is 70.6 cm³/mol. The molecule has 1 atom stereocenters. The van der Waals surface area contributed by atoms with Gasteiger partial charge in [0.25, 0.3) is 0 Å². The number of nitrogen functional groups attached to an aromatic ring is 1. The molecule has 19 heavy (non-hydrogen) atoms. The van der Waals surface area contributed by atoms with Crippen LogP contribution < -0.4 is 10.6 Å². The molecule has 0 saturated heterocycles. The topological polar surface area (TPSA) is 53.1 Å². The van der Waals surface area contributed by atoms with E-state index in [1.165, 1.54) is 6.07 Å². The normalized spacial score (nSPS) is 13.2. The van der Waals surface area contributed by atoms with Crippen molar-refractivity contribution in [1.82, 2.24) is 0 Å². The third-order valence-corrected chi connectivity index (χ3v) is 3.25. The number of nitrogens with one attached hydrogen (secondary N) is 1. The van der Waals surface area contributed by atoms with Crippen LogP contribution in [0.5, 0.6) is 0 Å². The summed E-state index contributed by atoms with van der Waals surface area (Å²) >= 11 is 0. The predicted octanol–water partition coefficient (Wildman–Crippen LogP) is 3.22. The third-order valence-electron chi connectivity index (χ3n) is 3.25. The van der Waals surface area contributed by atoms with Crippen LogP contribution in [0, 0.1) is 5.41 Å². The maximum atomic E-state index is 12.7. The maximum absolute atomic E-state index is 12.7. The molecule has 0 bridgehead atoms. The van der Waals surface area contributed by atoms with Gasteiger partial charge in [-0.1, -0.05) is 6.92 Å². The molecule has 1 aromatic rings. The summed E-state index contributed by atoms with van der Waals surface area (Å²) in [5.41, 5.74) is 5.25. The molecule has 3 N–H and O–H groups in total. The quantitative estimate of drug-likeness (QED) is 0.653. The van der Waals surface area contributed by atoms with E-state index in [1.807, 2.05) is 18.7 Å². The summed E-state index contributed by atoms with van der Waals surface area (Å²) < 4.78 is 38.0. The van der Waals surface area contributed by atoms with Crippen molar-refractivity contribution in [2.24, 2.45) is 5.73 Å². The largest absolute Gasteiger partial charge is 0.416 e. The summed E-state index contributed by atoms with van der Waals surface area (Å²) in [5.74, 6) is -0.365. The molecule has 1 rings (SSSR count). The fraction of sp³-hybridized carbons (Fsp3) is 0.462. The molecule has 106 valence electrons. The summed E-state index contributed by atoms with van der Waals surface area (Å²) in [7, 11) is 1.78. The van der Waals surface area contributed by atoms with Gasteiger partial charge < -0.3 is 10.6 Å². The number of benzene rings is 1. The van der Waals surface area contributed by atoms with Gasteiger partial charge in [0.2, 0.25) is 0 Å². The van der Waals surface area contributed by atoms with E-state index in [9.17, 15) is 13.2 Å². The average Bonchev–Trinajstić information content (AvgIpc) is 2.35. The molecule has 0 aliphatic carbocycles. The monoisotopic (exact) mass is 273 g/mol. The lowest BCUT2D eigenvalue weighted by Crippen LogP contribution is -2.30. The van der Waals surface area contributed by atoms with E-state index in [-0.39, 0.29) is 17.4 Å². The van der Waals surface area contributed by atoms with Crippen molar-refractivity contribution in [3.63, 3.8) is 0 Å². The Labute approximate surface area is 110 Å². The first-order chi connectivity index (χ1) is 8.68. The molecule has 0 radical (unpaired) electrons. The highest BCUT2D eigenvalue weighted by Crippen LogP contribution is 2.33. The van der Waals surface area contributed by atoms with Gasteiger partial charge in [0, 0.05) is 24.3 Å². The lowest BCUT2D eigenvalue weighted by Gasteiger charge is -2.28. The van der Waals surface area contributed by atoms with E-state index in [4.69, 9.17) is 11.1 Å². The molecule has 0 fully saturated rings. The lowest BCUT2D eigenvalue weighted by atomic mass is 10.0. The Bertz CT molecular complexity index is 469. The Morgan fingerprint density at radius 3 is 2.42 bits per heavy atom. The van der Waals surface area contributed by atoms with Crippen LogP contribution in [0.1, 0.15) is 31.4 Å². The average molecular weight is 273 g/mol. The minimum Gasteiger partial charge on any atom is -0.384 e. The molecule has 6 heteroatoms. The standard InChI is InChI=1S/C13H18F3N3/c1-4-8(2)19(3)11-6-5-9(13(14,15)16)7-10(11)12(17)18/h5-8H,4H2,1-3H3,(H3,17,18). The minimum atomic E-state index is -4.43. The summed E-state index contributed by atoms with van der Waals surface area (Å²) in [6, 6.07) is 3.46. The highest BCUT2D eigenvalue weighted by atomic mass is 19.4. The molecule has 0 saturated carbocycles. The van der Waals surface area contributed by atoms with E-state index < -0.39 is 11.7 Å². The number of anilines is 1. The lowest BCUT2D eigenvalue weighted by molar-refractivity contribution is -0.137. The van der Waals surface area contributed by atoms with Crippen molar-refractivity contribution in [3.05, 3.63) is 29.3 Å². The number of hydrogen-bond donors (Lipinski definition) is 2. The number of hydrogen-bond acceptors (Lipinski definition) is 2. The van der Waals surface area contributed by atoms with Crippen molar-refractivity contribution < 1.29 is 13.2 Å². The molecule has 0 heterocycles. The second-order valence-corrected chi connectivity index (χ2v) is 4.51. The first-order valence-electron chi connectivity index (χ1n) is 5.97.